The monoisotopic (exact) mass is 210 g/mol. The Labute approximate surface area is 90.3 Å². The Bertz CT molecular complexity index is 292. The molecule has 4 heteroatoms. The average Bonchev–Trinajstić information content (AvgIpc) is 2.26. The normalized spacial score (nSPS) is 12.7. The Morgan fingerprint density at radius 2 is 2.40 bits per heavy atom. The van der Waals surface area contributed by atoms with E-state index in [1.165, 1.54) is 0 Å². The van der Waals surface area contributed by atoms with Crippen molar-refractivity contribution in [2.24, 2.45) is 0 Å². The van der Waals surface area contributed by atoms with Gasteiger partial charge in [0.2, 0.25) is 0 Å². The van der Waals surface area contributed by atoms with Crippen LogP contribution in [0.1, 0.15) is 17.2 Å². The lowest BCUT2D eigenvalue weighted by atomic mass is 10.0. The van der Waals surface area contributed by atoms with E-state index in [2.05, 4.69) is 10.3 Å². The summed E-state index contributed by atoms with van der Waals surface area (Å²) in [5.41, 5.74) is 2.17. The highest BCUT2D eigenvalue weighted by Gasteiger charge is 2.11. The standard InChI is InChI=1S/C11H18N2O2/c1-9-3-4-12-7-10(9)11(8-14)13-5-6-15-2/h3-4,7,11,13-14H,5-6,8H2,1-2H3. The van der Waals surface area contributed by atoms with Crippen molar-refractivity contribution in [2.45, 2.75) is 13.0 Å². The number of pyridine rings is 1. The fourth-order valence-corrected chi connectivity index (χ4v) is 1.45. The third-order valence-electron chi connectivity index (χ3n) is 2.33. The third kappa shape index (κ3) is 3.58. The summed E-state index contributed by atoms with van der Waals surface area (Å²) in [7, 11) is 1.66. The van der Waals surface area contributed by atoms with Gasteiger partial charge in [-0.3, -0.25) is 4.98 Å². The van der Waals surface area contributed by atoms with E-state index >= 15 is 0 Å². The van der Waals surface area contributed by atoms with Gasteiger partial charge in [0.1, 0.15) is 0 Å². The van der Waals surface area contributed by atoms with Gasteiger partial charge in [-0.1, -0.05) is 0 Å². The molecule has 2 N–H and O–H groups in total. The van der Waals surface area contributed by atoms with Gasteiger partial charge >= 0.3 is 0 Å². The lowest BCUT2D eigenvalue weighted by molar-refractivity contribution is 0.184. The van der Waals surface area contributed by atoms with E-state index in [1.807, 2.05) is 13.0 Å². The van der Waals surface area contributed by atoms with Gasteiger partial charge in [0.15, 0.2) is 0 Å². The van der Waals surface area contributed by atoms with Crippen LogP contribution in [0.2, 0.25) is 0 Å². The van der Waals surface area contributed by atoms with E-state index in [0.29, 0.717) is 6.61 Å². The van der Waals surface area contributed by atoms with E-state index in [1.54, 1.807) is 19.5 Å². The molecule has 0 fully saturated rings. The number of methoxy groups -OCH3 is 1. The fraction of sp³-hybridized carbons (Fsp3) is 0.545. The first-order valence-electron chi connectivity index (χ1n) is 5.03. The smallest absolute Gasteiger partial charge is 0.0627 e. The summed E-state index contributed by atoms with van der Waals surface area (Å²) < 4.78 is 4.94. The van der Waals surface area contributed by atoms with Crippen LogP contribution in [-0.2, 0) is 4.74 Å². The summed E-state index contributed by atoms with van der Waals surface area (Å²) in [5.74, 6) is 0. The molecule has 4 nitrogen and oxygen atoms in total. The minimum atomic E-state index is -0.0613. The minimum absolute atomic E-state index is 0.0613. The minimum Gasteiger partial charge on any atom is -0.394 e. The second kappa shape index (κ2) is 6.50. The number of rotatable bonds is 6. The van der Waals surface area contributed by atoms with Crippen molar-refractivity contribution in [2.75, 3.05) is 26.9 Å². The van der Waals surface area contributed by atoms with Crippen molar-refractivity contribution in [1.82, 2.24) is 10.3 Å². The van der Waals surface area contributed by atoms with Gasteiger partial charge < -0.3 is 15.2 Å². The summed E-state index contributed by atoms with van der Waals surface area (Å²) in [6.45, 7) is 3.43. The third-order valence-corrected chi connectivity index (χ3v) is 2.33. The number of ether oxygens (including phenoxy) is 1. The average molecular weight is 210 g/mol. The Kier molecular flexibility index (Phi) is 5.25. The van der Waals surface area contributed by atoms with Crippen LogP contribution >= 0.6 is 0 Å². The van der Waals surface area contributed by atoms with Crippen LogP contribution in [0.4, 0.5) is 0 Å². The molecule has 1 rings (SSSR count). The maximum Gasteiger partial charge on any atom is 0.0627 e. The number of aliphatic hydroxyl groups is 1. The molecule has 0 aliphatic rings. The Balaban J connectivity index is 2.61. The molecule has 0 saturated carbocycles. The van der Waals surface area contributed by atoms with Crippen molar-refractivity contribution >= 4 is 0 Å². The van der Waals surface area contributed by atoms with Gasteiger partial charge in [-0.2, -0.15) is 0 Å². The first-order valence-corrected chi connectivity index (χ1v) is 5.03. The molecule has 1 atom stereocenters. The van der Waals surface area contributed by atoms with Crippen molar-refractivity contribution in [3.05, 3.63) is 29.6 Å². The van der Waals surface area contributed by atoms with E-state index in [0.717, 1.165) is 17.7 Å². The molecule has 0 radical (unpaired) electrons. The fourth-order valence-electron chi connectivity index (χ4n) is 1.45. The molecule has 0 bridgehead atoms. The second-order valence-electron chi connectivity index (χ2n) is 3.41. The summed E-state index contributed by atoms with van der Waals surface area (Å²) in [4.78, 5) is 4.06. The number of aromatic nitrogens is 1. The predicted octanol–water partition coefficient (Wildman–Crippen LogP) is 0.659. The van der Waals surface area contributed by atoms with E-state index in [4.69, 9.17) is 4.74 Å². The zero-order chi connectivity index (χ0) is 11.1. The van der Waals surface area contributed by atoms with Crippen molar-refractivity contribution in [1.29, 1.82) is 0 Å². The molecule has 0 spiro atoms. The molecular formula is C11H18N2O2. The molecule has 1 aromatic rings. The van der Waals surface area contributed by atoms with E-state index in [9.17, 15) is 5.11 Å². The Hall–Kier alpha value is -0.970. The SMILES string of the molecule is COCCNC(CO)c1cnccc1C. The summed E-state index contributed by atoms with van der Waals surface area (Å²) >= 11 is 0. The van der Waals surface area contributed by atoms with E-state index in [-0.39, 0.29) is 12.6 Å². The molecule has 0 saturated heterocycles. The summed E-state index contributed by atoms with van der Waals surface area (Å²) in [6, 6.07) is 1.88. The van der Waals surface area contributed by atoms with Crippen LogP contribution in [0.3, 0.4) is 0 Å². The topological polar surface area (TPSA) is 54.4 Å². The number of nitrogens with zero attached hydrogens (tertiary/aromatic N) is 1. The van der Waals surface area contributed by atoms with Crippen LogP contribution in [-0.4, -0.2) is 37.0 Å². The molecule has 15 heavy (non-hydrogen) atoms. The quantitative estimate of drug-likeness (QED) is 0.677. The zero-order valence-corrected chi connectivity index (χ0v) is 9.23. The number of hydrogen-bond donors (Lipinski definition) is 2. The van der Waals surface area contributed by atoms with Crippen molar-refractivity contribution in [3.8, 4) is 0 Å². The first-order chi connectivity index (χ1) is 7.29. The van der Waals surface area contributed by atoms with Crippen LogP contribution in [0.15, 0.2) is 18.5 Å². The number of aryl methyl sites for hydroxylation is 1. The van der Waals surface area contributed by atoms with Gasteiger partial charge in [0, 0.05) is 26.0 Å². The predicted molar refractivity (Wildman–Crippen MR) is 58.7 cm³/mol. The molecule has 1 unspecified atom stereocenters. The Morgan fingerprint density at radius 3 is 3.00 bits per heavy atom. The molecule has 1 heterocycles. The highest BCUT2D eigenvalue weighted by atomic mass is 16.5. The van der Waals surface area contributed by atoms with Gasteiger partial charge in [-0.25, -0.2) is 0 Å². The molecule has 0 aromatic carbocycles. The lowest BCUT2D eigenvalue weighted by Crippen LogP contribution is -2.28. The van der Waals surface area contributed by atoms with Crippen molar-refractivity contribution < 1.29 is 9.84 Å². The molecule has 84 valence electrons. The Morgan fingerprint density at radius 1 is 1.60 bits per heavy atom. The van der Waals surface area contributed by atoms with Crippen molar-refractivity contribution in [3.63, 3.8) is 0 Å². The van der Waals surface area contributed by atoms with Gasteiger partial charge in [-0.15, -0.1) is 0 Å². The summed E-state index contributed by atoms with van der Waals surface area (Å²) in [5, 5.41) is 12.5. The largest absolute Gasteiger partial charge is 0.394 e. The van der Waals surface area contributed by atoms with Crippen LogP contribution < -0.4 is 5.32 Å². The van der Waals surface area contributed by atoms with Gasteiger partial charge in [0.25, 0.3) is 0 Å². The van der Waals surface area contributed by atoms with Gasteiger partial charge in [0.05, 0.1) is 19.3 Å². The van der Waals surface area contributed by atoms with Crippen LogP contribution in [0.5, 0.6) is 0 Å². The molecular weight excluding hydrogens is 192 g/mol. The summed E-state index contributed by atoms with van der Waals surface area (Å²) in [6.07, 6.45) is 3.54. The first kappa shape index (κ1) is 12.1. The highest BCUT2D eigenvalue weighted by molar-refractivity contribution is 5.25. The van der Waals surface area contributed by atoms with Crippen LogP contribution in [0, 0.1) is 6.92 Å². The van der Waals surface area contributed by atoms with Crippen LogP contribution in [0.25, 0.3) is 0 Å². The zero-order valence-electron chi connectivity index (χ0n) is 9.23. The number of hydrogen-bond acceptors (Lipinski definition) is 4. The van der Waals surface area contributed by atoms with E-state index < -0.39 is 0 Å². The maximum atomic E-state index is 9.27. The lowest BCUT2D eigenvalue weighted by Gasteiger charge is -2.17. The number of nitrogens with one attached hydrogen (secondary N) is 1. The molecule has 0 aliphatic carbocycles. The highest BCUT2D eigenvalue weighted by Crippen LogP contribution is 2.15. The van der Waals surface area contributed by atoms with Gasteiger partial charge in [-0.05, 0) is 24.1 Å². The molecule has 0 aliphatic heterocycles. The molecule has 0 amide bonds. The number of aliphatic hydroxyl groups excluding tert-OH is 1. The maximum absolute atomic E-state index is 9.27. The molecule has 1 aromatic heterocycles. The second-order valence-corrected chi connectivity index (χ2v) is 3.41.